The zero-order chi connectivity index (χ0) is 20.4. The van der Waals surface area contributed by atoms with Crippen LogP contribution in [0.3, 0.4) is 0 Å². The lowest BCUT2D eigenvalue weighted by molar-refractivity contribution is -0.114. The van der Waals surface area contributed by atoms with E-state index in [1.54, 1.807) is 30.3 Å². The smallest absolute Gasteiger partial charge is 0.222 e. The number of hydrogen-bond acceptors (Lipinski definition) is 4. The number of para-hydroxylation sites is 1. The first-order valence-corrected chi connectivity index (χ1v) is 9.89. The lowest BCUT2D eigenvalue weighted by Crippen LogP contribution is -2.15. The van der Waals surface area contributed by atoms with Gasteiger partial charge in [-0.05, 0) is 31.4 Å². The van der Waals surface area contributed by atoms with Crippen molar-refractivity contribution >= 4 is 22.8 Å². The average molecular weight is 386 g/mol. The molecule has 3 aromatic rings. The first-order valence-electron chi connectivity index (χ1n) is 9.89. The van der Waals surface area contributed by atoms with Gasteiger partial charge in [0, 0.05) is 26.2 Å². The summed E-state index contributed by atoms with van der Waals surface area (Å²) in [5.41, 5.74) is 1.97. The van der Waals surface area contributed by atoms with Crippen molar-refractivity contribution < 1.29 is 9.53 Å². The maximum atomic E-state index is 10.5. The maximum absolute atomic E-state index is 10.5. The molecule has 0 spiro atoms. The monoisotopic (exact) mass is 385 g/mol. The number of rotatable bonds is 8. The molecule has 28 heavy (non-hydrogen) atoms. The molecule has 3 rings (SSSR count). The van der Waals surface area contributed by atoms with Gasteiger partial charge in [-0.1, -0.05) is 32.8 Å². The minimum Gasteiger partial charge on any atom is -0.488 e. The number of aryl methyl sites for hydroxylation is 1. The molecule has 2 heterocycles. The molecule has 2 aromatic heterocycles. The topological polar surface area (TPSA) is 84.8 Å². The molecular formula is C21H31N5O2. The van der Waals surface area contributed by atoms with E-state index in [0.717, 1.165) is 29.6 Å². The summed E-state index contributed by atoms with van der Waals surface area (Å²) in [7, 11) is 1.80. The van der Waals surface area contributed by atoms with E-state index >= 15 is 0 Å². The number of H-pyrrole nitrogens is 1. The molecule has 152 valence electrons. The molecule has 1 amide bonds. The number of ether oxygens (including phenoxy) is 1. The second-order valence-corrected chi connectivity index (χ2v) is 6.75. The van der Waals surface area contributed by atoms with Crippen LogP contribution in [0.5, 0.6) is 5.75 Å². The quantitative estimate of drug-likeness (QED) is 0.551. The van der Waals surface area contributed by atoms with Crippen LogP contribution >= 0.6 is 0 Å². The van der Waals surface area contributed by atoms with Crippen LogP contribution in [0.15, 0.2) is 36.8 Å². The molecular weight excluding hydrogens is 354 g/mol. The summed E-state index contributed by atoms with van der Waals surface area (Å²) in [6.07, 6.45) is 9.75. The first-order chi connectivity index (χ1) is 13.5. The maximum Gasteiger partial charge on any atom is 0.222 e. The lowest BCUT2D eigenvalue weighted by atomic mass is 10.1. The number of nitrogens with one attached hydrogen (secondary N) is 2. The van der Waals surface area contributed by atoms with E-state index in [9.17, 15) is 4.79 Å². The lowest BCUT2D eigenvalue weighted by Gasteiger charge is -2.17. The van der Waals surface area contributed by atoms with Crippen molar-refractivity contribution in [3.63, 3.8) is 0 Å². The van der Waals surface area contributed by atoms with E-state index in [0.29, 0.717) is 11.9 Å². The molecule has 0 aliphatic carbocycles. The predicted octanol–water partition coefficient (Wildman–Crippen LogP) is 4.68. The molecule has 0 aliphatic rings. The van der Waals surface area contributed by atoms with Crippen molar-refractivity contribution in [1.29, 1.82) is 0 Å². The SMILES string of the molecule is CC(=O)Nc1ccn(C)n1.CCCCCC(CC)Oc1cccc2[nH]cnc12. The number of nitrogens with zero attached hydrogens (tertiary/aromatic N) is 3. The summed E-state index contributed by atoms with van der Waals surface area (Å²) in [6, 6.07) is 7.77. The standard InChI is InChI=1S/C15H22N2O.C6H9N3O/c1-3-5-6-8-12(4-2)18-14-10-7-9-13-15(14)17-11-16-13;1-5(10)7-6-3-4-9(2)8-6/h7,9-12H,3-6,8H2,1-2H3,(H,16,17);3-4H,1-2H3,(H,7,8,10). The number of aromatic nitrogens is 4. The van der Waals surface area contributed by atoms with Gasteiger partial charge >= 0.3 is 0 Å². The molecule has 0 bridgehead atoms. The van der Waals surface area contributed by atoms with E-state index < -0.39 is 0 Å². The molecule has 1 atom stereocenters. The first kappa shape index (κ1) is 21.5. The van der Waals surface area contributed by atoms with Crippen molar-refractivity contribution in [3.8, 4) is 5.75 Å². The molecule has 0 saturated heterocycles. The third kappa shape index (κ3) is 6.72. The molecule has 0 saturated carbocycles. The highest BCUT2D eigenvalue weighted by Gasteiger charge is 2.11. The molecule has 0 fully saturated rings. The van der Waals surface area contributed by atoms with Crippen LogP contribution in [0.4, 0.5) is 5.82 Å². The van der Waals surface area contributed by atoms with Crippen molar-refractivity contribution in [1.82, 2.24) is 19.7 Å². The fourth-order valence-corrected chi connectivity index (χ4v) is 2.84. The zero-order valence-corrected chi connectivity index (χ0v) is 17.2. The molecule has 1 aromatic carbocycles. The van der Waals surface area contributed by atoms with Gasteiger partial charge in [0.25, 0.3) is 0 Å². The summed E-state index contributed by atoms with van der Waals surface area (Å²) in [5.74, 6) is 1.39. The average Bonchev–Trinajstić information content (AvgIpc) is 3.30. The Labute approximate surface area is 166 Å². The van der Waals surface area contributed by atoms with E-state index in [2.05, 4.69) is 34.2 Å². The van der Waals surface area contributed by atoms with Crippen LogP contribution < -0.4 is 10.1 Å². The molecule has 7 nitrogen and oxygen atoms in total. The Bertz CT molecular complexity index is 855. The number of imidazole rings is 1. The molecule has 0 aliphatic heterocycles. The number of carbonyl (C=O) groups is 1. The van der Waals surface area contributed by atoms with Crippen LogP contribution in [-0.4, -0.2) is 31.8 Å². The van der Waals surface area contributed by atoms with Gasteiger partial charge in [0.1, 0.15) is 11.3 Å². The number of carbonyl (C=O) groups excluding carboxylic acids is 1. The number of hydrogen-bond donors (Lipinski definition) is 2. The summed E-state index contributed by atoms with van der Waals surface area (Å²) < 4.78 is 7.73. The van der Waals surface area contributed by atoms with Crippen molar-refractivity contribution in [2.75, 3.05) is 5.32 Å². The fourth-order valence-electron chi connectivity index (χ4n) is 2.84. The van der Waals surface area contributed by atoms with E-state index in [-0.39, 0.29) is 5.91 Å². The second-order valence-electron chi connectivity index (χ2n) is 6.75. The van der Waals surface area contributed by atoms with Crippen molar-refractivity contribution in [2.24, 2.45) is 7.05 Å². The van der Waals surface area contributed by atoms with Gasteiger partial charge in [-0.15, -0.1) is 0 Å². The van der Waals surface area contributed by atoms with E-state index in [4.69, 9.17) is 4.74 Å². The van der Waals surface area contributed by atoms with Crippen molar-refractivity contribution in [3.05, 3.63) is 36.8 Å². The van der Waals surface area contributed by atoms with Crippen LogP contribution in [0, 0.1) is 0 Å². The number of fused-ring (bicyclic) bond motifs is 1. The molecule has 7 heteroatoms. The third-order valence-electron chi connectivity index (χ3n) is 4.31. The number of amides is 1. The van der Waals surface area contributed by atoms with Crippen LogP contribution in [-0.2, 0) is 11.8 Å². The molecule has 2 N–H and O–H groups in total. The Morgan fingerprint density at radius 3 is 2.75 bits per heavy atom. The van der Waals surface area contributed by atoms with Gasteiger partial charge in [-0.2, -0.15) is 5.10 Å². The third-order valence-corrected chi connectivity index (χ3v) is 4.31. The summed E-state index contributed by atoms with van der Waals surface area (Å²) in [4.78, 5) is 17.9. The van der Waals surface area contributed by atoms with Gasteiger partial charge in [0.2, 0.25) is 5.91 Å². The van der Waals surface area contributed by atoms with Gasteiger partial charge < -0.3 is 15.0 Å². The fraction of sp³-hybridized carbons (Fsp3) is 0.476. The zero-order valence-electron chi connectivity index (χ0n) is 17.2. The van der Waals surface area contributed by atoms with Crippen LogP contribution in [0.1, 0.15) is 52.9 Å². The van der Waals surface area contributed by atoms with Gasteiger partial charge in [0.05, 0.1) is 17.9 Å². The Balaban J connectivity index is 0.000000237. The Hall–Kier alpha value is -2.83. The van der Waals surface area contributed by atoms with Gasteiger partial charge in [0.15, 0.2) is 5.82 Å². The Morgan fingerprint density at radius 1 is 1.29 bits per heavy atom. The Kier molecular flexibility index (Phi) is 8.52. The van der Waals surface area contributed by atoms with Crippen LogP contribution in [0.2, 0.25) is 0 Å². The summed E-state index contributed by atoms with van der Waals surface area (Å²) in [5, 5.41) is 6.49. The van der Waals surface area contributed by atoms with Crippen LogP contribution in [0.25, 0.3) is 11.0 Å². The largest absolute Gasteiger partial charge is 0.488 e. The Morgan fingerprint density at radius 2 is 2.11 bits per heavy atom. The highest BCUT2D eigenvalue weighted by molar-refractivity contribution is 5.87. The van der Waals surface area contributed by atoms with Gasteiger partial charge in [-0.25, -0.2) is 4.98 Å². The van der Waals surface area contributed by atoms with E-state index in [1.807, 2.05) is 18.2 Å². The normalized spacial score (nSPS) is 11.6. The minimum absolute atomic E-state index is 0.0984. The van der Waals surface area contributed by atoms with Gasteiger partial charge in [-0.3, -0.25) is 9.48 Å². The minimum atomic E-state index is -0.0984. The highest BCUT2D eigenvalue weighted by Crippen LogP contribution is 2.25. The number of benzene rings is 1. The predicted molar refractivity (Wildman–Crippen MR) is 112 cm³/mol. The molecule has 0 radical (unpaired) electrons. The molecule has 1 unspecified atom stereocenters. The van der Waals surface area contributed by atoms with Crippen molar-refractivity contribution in [2.45, 2.75) is 59.0 Å². The second kappa shape index (κ2) is 11.1. The number of unbranched alkanes of at least 4 members (excludes halogenated alkanes) is 2. The number of anilines is 1. The summed E-state index contributed by atoms with van der Waals surface area (Å²) in [6.45, 7) is 5.86. The highest BCUT2D eigenvalue weighted by atomic mass is 16.5. The van der Waals surface area contributed by atoms with E-state index in [1.165, 1.54) is 26.2 Å². The summed E-state index contributed by atoms with van der Waals surface area (Å²) >= 11 is 0. The number of aromatic amines is 1.